The molecule has 5 nitrogen and oxygen atoms in total. The van der Waals surface area contributed by atoms with Crippen molar-refractivity contribution in [3.63, 3.8) is 0 Å². The van der Waals surface area contributed by atoms with E-state index in [0.717, 1.165) is 22.1 Å². The number of allylic oxidation sites excluding steroid dienone is 1. The first-order chi connectivity index (χ1) is 22.9. The molecule has 0 saturated carbocycles. The molecule has 5 aromatic carbocycles. The number of nitrogens with one attached hydrogen (secondary N) is 1. The molecule has 8 heteroatoms. The van der Waals surface area contributed by atoms with Gasteiger partial charge in [0.2, 0.25) is 0 Å². The van der Waals surface area contributed by atoms with E-state index in [1.165, 1.54) is 0 Å². The van der Waals surface area contributed by atoms with Crippen molar-refractivity contribution in [2.24, 2.45) is 0 Å². The zero-order valence-corrected chi connectivity index (χ0v) is 27.9. The van der Waals surface area contributed by atoms with Gasteiger partial charge < -0.3 is 14.8 Å². The van der Waals surface area contributed by atoms with Gasteiger partial charge in [0.1, 0.15) is 11.5 Å². The third kappa shape index (κ3) is 8.28. The van der Waals surface area contributed by atoms with Crippen molar-refractivity contribution in [1.82, 2.24) is 0 Å². The molecule has 0 radical (unpaired) electrons. The van der Waals surface area contributed by atoms with Crippen LogP contribution in [0.15, 0.2) is 115 Å². The molecule has 0 bridgehead atoms. The fourth-order valence-electron chi connectivity index (χ4n) is 5.40. The number of carbonyl (C=O) groups excluding carboxylic acids is 2. The van der Waals surface area contributed by atoms with Crippen molar-refractivity contribution in [2.45, 2.75) is 45.1 Å². The van der Waals surface area contributed by atoms with E-state index >= 15 is 0 Å². The maximum atomic E-state index is 14.3. The Labute approximate surface area is 284 Å². The van der Waals surface area contributed by atoms with Gasteiger partial charge in [-0.1, -0.05) is 54.9 Å². The summed E-state index contributed by atoms with van der Waals surface area (Å²) in [5.74, 6) is 0.575. The lowest BCUT2D eigenvalue weighted by atomic mass is 9.91. The number of ketones is 1. The molecule has 0 fully saturated rings. The summed E-state index contributed by atoms with van der Waals surface area (Å²) in [5, 5.41) is 5.45. The predicted octanol–water partition coefficient (Wildman–Crippen LogP) is 10.7. The second-order valence-corrected chi connectivity index (χ2v) is 12.6. The molecule has 0 spiro atoms. The topological polar surface area (TPSA) is 64.6 Å². The maximum Gasteiger partial charge on any atom is 0.274 e. The Balaban J connectivity index is 1.22. The molecule has 0 aliphatic heterocycles. The van der Waals surface area contributed by atoms with Crippen LogP contribution in [-0.4, -0.2) is 24.4 Å². The van der Waals surface area contributed by atoms with Crippen molar-refractivity contribution in [3.8, 4) is 11.5 Å². The number of fused-ring (bicyclic) bond motifs is 1. The van der Waals surface area contributed by atoms with E-state index < -0.39 is 17.6 Å². The van der Waals surface area contributed by atoms with E-state index in [-0.39, 0.29) is 23.7 Å². The summed E-state index contributed by atoms with van der Waals surface area (Å²) in [5.41, 5.74) is 1.36. The number of hydrogen-bond donors (Lipinski definition) is 1. The second kappa shape index (κ2) is 14.8. The number of carbonyl (C=O) groups is 2. The van der Waals surface area contributed by atoms with Crippen LogP contribution in [0.25, 0.3) is 16.3 Å². The number of amides is 1. The standard InChI is InChI=1S/C40H36ClF2NO4/c1-25(28-9-10-30-24-35(47-4)20-15-29(30)22-28)8-21-36(38(42)43)31-6-5-7-33(23-31)44-39(46)40(2,3)48-34-18-13-27(14-19-34)37(45)26-11-16-32(41)17-12-26/h5-7,9-20,22-25H,8,21H2,1-4H3,(H,44,46). The lowest BCUT2D eigenvalue weighted by Crippen LogP contribution is -2.42. The van der Waals surface area contributed by atoms with E-state index in [1.807, 2.05) is 37.3 Å². The SMILES string of the molecule is COc1ccc2cc(C(C)CCC(=C(F)F)c3cccc(NC(=O)C(C)(C)Oc4ccc(C(=O)c5ccc(Cl)cc5)cc4)c3)ccc2c1. The number of halogens is 3. The van der Waals surface area contributed by atoms with Gasteiger partial charge in [0, 0.05) is 27.4 Å². The minimum atomic E-state index is -1.75. The van der Waals surface area contributed by atoms with Gasteiger partial charge in [-0.05, 0) is 127 Å². The van der Waals surface area contributed by atoms with Crippen LogP contribution in [0.2, 0.25) is 5.02 Å². The molecular formula is C40H36ClF2NO4. The summed E-state index contributed by atoms with van der Waals surface area (Å²) in [6.45, 7) is 5.24. The predicted molar refractivity (Wildman–Crippen MR) is 188 cm³/mol. The van der Waals surface area contributed by atoms with Crippen LogP contribution in [0, 0.1) is 0 Å². The van der Waals surface area contributed by atoms with Gasteiger partial charge in [0.25, 0.3) is 12.0 Å². The normalized spacial score (nSPS) is 11.9. The van der Waals surface area contributed by atoms with Crippen LogP contribution in [-0.2, 0) is 4.79 Å². The minimum Gasteiger partial charge on any atom is -0.497 e. The monoisotopic (exact) mass is 667 g/mol. The molecule has 5 rings (SSSR count). The van der Waals surface area contributed by atoms with Crippen molar-refractivity contribution >= 4 is 45.3 Å². The fourth-order valence-corrected chi connectivity index (χ4v) is 5.53. The molecule has 0 aromatic heterocycles. The molecule has 0 saturated heterocycles. The Morgan fingerprint density at radius 2 is 1.42 bits per heavy atom. The minimum absolute atomic E-state index is 0.0382. The Morgan fingerprint density at radius 1 is 0.792 bits per heavy atom. The highest BCUT2D eigenvalue weighted by Gasteiger charge is 2.30. The zero-order chi connectivity index (χ0) is 34.4. The lowest BCUT2D eigenvalue weighted by molar-refractivity contribution is -0.128. The molecule has 1 N–H and O–H groups in total. The second-order valence-electron chi connectivity index (χ2n) is 12.2. The third-order valence-electron chi connectivity index (χ3n) is 8.31. The highest BCUT2D eigenvalue weighted by Crippen LogP contribution is 2.33. The van der Waals surface area contributed by atoms with Crippen LogP contribution < -0.4 is 14.8 Å². The van der Waals surface area contributed by atoms with Crippen molar-refractivity contribution in [2.75, 3.05) is 12.4 Å². The van der Waals surface area contributed by atoms with E-state index in [1.54, 1.807) is 93.8 Å². The third-order valence-corrected chi connectivity index (χ3v) is 8.56. The first kappa shape index (κ1) is 34.3. The average molecular weight is 668 g/mol. The van der Waals surface area contributed by atoms with Gasteiger partial charge in [-0.25, -0.2) is 0 Å². The van der Waals surface area contributed by atoms with Gasteiger partial charge in [-0.15, -0.1) is 0 Å². The molecule has 48 heavy (non-hydrogen) atoms. The van der Waals surface area contributed by atoms with Gasteiger partial charge in [-0.3, -0.25) is 9.59 Å². The van der Waals surface area contributed by atoms with Crippen molar-refractivity contribution in [3.05, 3.63) is 143 Å². The van der Waals surface area contributed by atoms with Gasteiger partial charge in [0.15, 0.2) is 11.4 Å². The van der Waals surface area contributed by atoms with Crippen LogP contribution in [0.1, 0.15) is 66.6 Å². The first-order valence-electron chi connectivity index (χ1n) is 15.6. The Hall–Kier alpha value is -5.01. The summed E-state index contributed by atoms with van der Waals surface area (Å²) >= 11 is 5.92. The summed E-state index contributed by atoms with van der Waals surface area (Å²) < 4.78 is 39.8. The van der Waals surface area contributed by atoms with E-state index in [2.05, 4.69) is 11.4 Å². The molecule has 1 amide bonds. The molecule has 1 unspecified atom stereocenters. The van der Waals surface area contributed by atoms with E-state index in [9.17, 15) is 18.4 Å². The largest absolute Gasteiger partial charge is 0.497 e. The molecule has 0 aliphatic rings. The number of ether oxygens (including phenoxy) is 2. The zero-order valence-electron chi connectivity index (χ0n) is 27.2. The molecule has 0 heterocycles. The number of hydrogen-bond acceptors (Lipinski definition) is 4. The maximum absolute atomic E-state index is 14.3. The smallest absolute Gasteiger partial charge is 0.274 e. The molecule has 0 aliphatic carbocycles. The van der Waals surface area contributed by atoms with Crippen molar-refractivity contribution in [1.29, 1.82) is 0 Å². The first-order valence-corrected chi connectivity index (χ1v) is 15.9. The van der Waals surface area contributed by atoms with E-state index in [0.29, 0.717) is 39.6 Å². The summed E-state index contributed by atoms with van der Waals surface area (Å²) in [4.78, 5) is 26.1. The average Bonchev–Trinajstić information content (AvgIpc) is 3.08. The van der Waals surface area contributed by atoms with E-state index in [4.69, 9.17) is 21.1 Å². The highest BCUT2D eigenvalue weighted by atomic mass is 35.5. The quantitative estimate of drug-likeness (QED) is 0.134. The summed E-state index contributed by atoms with van der Waals surface area (Å²) in [6, 6.07) is 31.6. The number of benzene rings is 5. The van der Waals surface area contributed by atoms with Crippen LogP contribution in [0.3, 0.4) is 0 Å². The molecule has 5 aromatic rings. The van der Waals surface area contributed by atoms with Crippen LogP contribution in [0.5, 0.6) is 11.5 Å². The highest BCUT2D eigenvalue weighted by molar-refractivity contribution is 6.30. The Kier molecular flexibility index (Phi) is 10.6. The number of anilines is 1. The molecule has 1 atom stereocenters. The molecular weight excluding hydrogens is 632 g/mol. The number of rotatable bonds is 12. The lowest BCUT2D eigenvalue weighted by Gasteiger charge is -2.25. The van der Waals surface area contributed by atoms with Crippen LogP contribution >= 0.6 is 11.6 Å². The van der Waals surface area contributed by atoms with Gasteiger partial charge >= 0.3 is 0 Å². The van der Waals surface area contributed by atoms with Gasteiger partial charge in [-0.2, -0.15) is 8.78 Å². The summed E-state index contributed by atoms with van der Waals surface area (Å²) in [7, 11) is 1.63. The fraction of sp³-hybridized carbons (Fsp3) is 0.200. The van der Waals surface area contributed by atoms with Gasteiger partial charge in [0.05, 0.1) is 7.11 Å². The van der Waals surface area contributed by atoms with Crippen LogP contribution in [0.4, 0.5) is 14.5 Å². The Morgan fingerprint density at radius 3 is 2.08 bits per heavy atom. The molecule has 246 valence electrons. The van der Waals surface area contributed by atoms with Crippen molar-refractivity contribution < 1.29 is 27.8 Å². The Bertz CT molecular complexity index is 1970. The summed E-state index contributed by atoms with van der Waals surface area (Å²) in [6.07, 6.45) is -1.08. The number of methoxy groups -OCH3 is 1.